The van der Waals surface area contributed by atoms with Gasteiger partial charge in [0.2, 0.25) is 0 Å². The number of carbonyl (C=O) groups is 2. The number of esters is 1. The van der Waals surface area contributed by atoms with E-state index in [0.29, 0.717) is 12.8 Å². The van der Waals surface area contributed by atoms with E-state index < -0.39 is 0 Å². The van der Waals surface area contributed by atoms with E-state index in [1.54, 1.807) is 7.05 Å². The van der Waals surface area contributed by atoms with Gasteiger partial charge in [0.1, 0.15) is 12.6 Å². The Balaban J connectivity index is 3.71. The smallest absolute Gasteiger partial charge is 0.305 e. The second kappa shape index (κ2) is 17.9. The lowest BCUT2D eigenvalue weighted by Gasteiger charge is -2.15. The zero-order chi connectivity index (χ0) is 18.8. The highest BCUT2D eigenvalue weighted by Crippen LogP contribution is 2.10. The Labute approximate surface area is 155 Å². The summed E-state index contributed by atoms with van der Waals surface area (Å²) in [5.74, 6) is -0.0210. The van der Waals surface area contributed by atoms with Crippen molar-refractivity contribution >= 4 is 11.8 Å². The minimum Gasteiger partial charge on any atom is -0.464 e. The van der Waals surface area contributed by atoms with Gasteiger partial charge in [-0.1, -0.05) is 78.1 Å². The van der Waals surface area contributed by atoms with Crippen LogP contribution in [-0.2, 0) is 14.3 Å². The molecular formula is C21H41NO3. The van der Waals surface area contributed by atoms with Crippen molar-refractivity contribution in [1.29, 1.82) is 0 Å². The van der Waals surface area contributed by atoms with Crippen molar-refractivity contribution in [2.75, 3.05) is 13.7 Å². The molecule has 0 aromatic carbocycles. The van der Waals surface area contributed by atoms with Crippen LogP contribution < -0.4 is 5.32 Å². The zero-order valence-corrected chi connectivity index (χ0v) is 16.9. The van der Waals surface area contributed by atoms with E-state index >= 15 is 0 Å². The van der Waals surface area contributed by atoms with Gasteiger partial charge in [-0.15, -0.1) is 0 Å². The molecule has 0 aliphatic rings. The summed E-state index contributed by atoms with van der Waals surface area (Å²) in [6.07, 6.45) is 15.0. The Morgan fingerprint density at radius 3 is 1.76 bits per heavy atom. The lowest BCUT2D eigenvalue weighted by molar-refractivity contribution is -0.145. The number of likely N-dealkylation sites (N-methyl/N-ethyl adjacent to an activating group) is 1. The van der Waals surface area contributed by atoms with Crippen LogP contribution in [-0.4, -0.2) is 31.4 Å². The minimum absolute atomic E-state index is 0.155. The van der Waals surface area contributed by atoms with Crippen LogP contribution in [0.3, 0.4) is 0 Å². The highest BCUT2D eigenvalue weighted by molar-refractivity contribution is 5.84. The van der Waals surface area contributed by atoms with Gasteiger partial charge in [-0.25, -0.2) is 0 Å². The lowest BCUT2D eigenvalue weighted by Crippen LogP contribution is -2.38. The zero-order valence-electron chi connectivity index (χ0n) is 16.9. The van der Waals surface area contributed by atoms with Crippen LogP contribution in [0, 0.1) is 0 Å². The maximum absolute atomic E-state index is 12.2. The Morgan fingerprint density at radius 2 is 1.24 bits per heavy atom. The van der Waals surface area contributed by atoms with E-state index in [-0.39, 0.29) is 24.4 Å². The van der Waals surface area contributed by atoms with Gasteiger partial charge in [-0.2, -0.15) is 0 Å². The first-order valence-corrected chi connectivity index (χ1v) is 10.5. The molecule has 0 aromatic heterocycles. The molecule has 0 bridgehead atoms. The van der Waals surface area contributed by atoms with Gasteiger partial charge in [-0.05, 0) is 19.9 Å². The molecule has 0 saturated carbocycles. The summed E-state index contributed by atoms with van der Waals surface area (Å²) >= 11 is 0. The maximum atomic E-state index is 12.2. The monoisotopic (exact) mass is 355 g/mol. The molecule has 0 radical (unpaired) electrons. The highest BCUT2D eigenvalue weighted by Gasteiger charge is 2.17. The standard InChI is InChI=1S/C21H41NO3/c1-4-6-8-10-11-13-15-17-21(24)25-18-19(22-3)20(23)16-14-12-9-7-5-2/h19,22H,4-18H2,1-3H3. The third-order valence-electron chi connectivity index (χ3n) is 4.66. The van der Waals surface area contributed by atoms with Crippen molar-refractivity contribution in [2.45, 2.75) is 110 Å². The topological polar surface area (TPSA) is 55.4 Å². The second-order valence-corrected chi connectivity index (χ2v) is 7.03. The maximum Gasteiger partial charge on any atom is 0.305 e. The predicted molar refractivity (Wildman–Crippen MR) is 105 cm³/mol. The summed E-state index contributed by atoms with van der Waals surface area (Å²) in [6.45, 7) is 4.56. The van der Waals surface area contributed by atoms with Crippen LogP contribution in [0.25, 0.3) is 0 Å². The molecule has 4 heteroatoms. The number of rotatable bonds is 18. The SMILES string of the molecule is CCCCCCCCCC(=O)OCC(NC)C(=O)CCCCCCC. The molecule has 0 amide bonds. The number of ketones is 1. The van der Waals surface area contributed by atoms with Gasteiger partial charge < -0.3 is 10.1 Å². The molecule has 0 aliphatic carbocycles. The van der Waals surface area contributed by atoms with Crippen molar-refractivity contribution in [3.05, 3.63) is 0 Å². The molecule has 0 fully saturated rings. The molecule has 25 heavy (non-hydrogen) atoms. The lowest BCUT2D eigenvalue weighted by atomic mass is 10.0. The van der Waals surface area contributed by atoms with E-state index in [2.05, 4.69) is 19.2 Å². The fraction of sp³-hybridized carbons (Fsp3) is 0.905. The first kappa shape index (κ1) is 24.1. The molecule has 0 aliphatic heterocycles. The molecule has 0 aromatic rings. The summed E-state index contributed by atoms with van der Waals surface area (Å²) in [5.41, 5.74) is 0. The quantitative estimate of drug-likeness (QED) is 0.272. The Hall–Kier alpha value is -0.900. The van der Waals surface area contributed by atoms with Crippen molar-refractivity contribution < 1.29 is 14.3 Å². The average molecular weight is 356 g/mol. The Kier molecular flexibility index (Phi) is 17.3. The largest absolute Gasteiger partial charge is 0.464 e. The van der Waals surface area contributed by atoms with Crippen LogP contribution in [0.1, 0.15) is 104 Å². The molecule has 4 nitrogen and oxygen atoms in total. The second-order valence-electron chi connectivity index (χ2n) is 7.03. The van der Waals surface area contributed by atoms with Crippen molar-refractivity contribution in [3.63, 3.8) is 0 Å². The van der Waals surface area contributed by atoms with Gasteiger partial charge in [-0.3, -0.25) is 9.59 Å². The molecule has 0 rings (SSSR count). The fourth-order valence-corrected chi connectivity index (χ4v) is 2.89. The van der Waals surface area contributed by atoms with E-state index in [0.717, 1.165) is 25.7 Å². The number of nitrogens with one attached hydrogen (secondary N) is 1. The normalized spacial score (nSPS) is 12.1. The molecule has 1 unspecified atom stereocenters. The van der Waals surface area contributed by atoms with Crippen LogP contribution >= 0.6 is 0 Å². The van der Waals surface area contributed by atoms with E-state index in [1.165, 1.54) is 51.4 Å². The number of Topliss-reactive ketones (excluding diaryl/α,β-unsaturated/α-hetero) is 1. The molecule has 1 N–H and O–H groups in total. The van der Waals surface area contributed by atoms with E-state index in [9.17, 15) is 9.59 Å². The van der Waals surface area contributed by atoms with E-state index in [1.807, 2.05) is 0 Å². The summed E-state index contributed by atoms with van der Waals surface area (Å²) in [5, 5.41) is 2.98. The number of ether oxygens (including phenoxy) is 1. The summed E-state index contributed by atoms with van der Waals surface area (Å²) in [6, 6.07) is -0.357. The minimum atomic E-state index is -0.357. The molecule has 0 spiro atoms. The van der Waals surface area contributed by atoms with Crippen LogP contribution in [0.5, 0.6) is 0 Å². The van der Waals surface area contributed by atoms with Crippen molar-refractivity contribution in [3.8, 4) is 0 Å². The number of unbranched alkanes of at least 4 members (excludes halogenated alkanes) is 10. The number of hydrogen-bond donors (Lipinski definition) is 1. The fourth-order valence-electron chi connectivity index (χ4n) is 2.89. The molecule has 148 valence electrons. The van der Waals surface area contributed by atoms with Crippen molar-refractivity contribution in [1.82, 2.24) is 5.32 Å². The number of carbonyl (C=O) groups excluding carboxylic acids is 2. The van der Waals surface area contributed by atoms with Crippen LogP contribution in [0.15, 0.2) is 0 Å². The summed E-state index contributed by atoms with van der Waals surface area (Å²) in [4.78, 5) is 23.9. The van der Waals surface area contributed by atoms with Crippen molar-refractivity contribution in [2.24, 2.45) is 0 Å². The third kappa shape index (κ3) is 15.1. The molecule has 0 heterocycles. The van der Waals surface area contributed by atoms with Gasteiger partial charge in [0.05, 0.1) is 0 Å². The van der Waals surface area contributed by atoms with Gasteiger partial charge >= 0.3 is 5.97 Å². The molecule has 1 atom stereocenters. The van der Waals surface area contributed by atoms with E-state index in [4.69, 9.17) is 4.74 Å². The summed E-state index contributed by atoms with van der Waals surface area (Å²) in [7, 11) is 1.75. The summed E-state index contributed by atoms with van der Waals surface area (Å²) < 4.78 is 5.28. The molecular weight excluding hydrogens is 314 g/mol. The van der Waals surface area contributed by atoms with Crippen LogP contribution in [0.2, 0.25) is 0 Å². The first-order chi connectivity index (χ1) is 12.2. The van der Waals surface area contributed by atoms with Crippen LogP contribution in [0.4, 0.5) is 0 Å². The Bertz CT molecular complexity index is 331. The molecule has 0 saturated heterocycles. The third-order valence-corrected chi connectivity index (χ3v) is 4.66. The van der Waals surface area contributed by atoms with Gasteiger partial charge in [0, 0.05) is 12.8 Å². The number of hydrogen-bond acceptors (Lipinski definition) is 4. The Morgan fingerprint density at radius 1 is 0.760 bits per heavy atom. The first-order valence-electron chi connectivity index (χ1n) is 10.5. The highest BCUT2D eigenvalue weighted by atomic mass is 16.5. The predicted octanol–water partition coefficient (Wildman–Crippen LogP) is 5.19. The average Bonchev–Trinajstić information content (AvgIpc) is 2.61. The van der Waals surface area contributed by atoms with Gasteiger partial charge in [0.15, 0.2) is 5.78 Å². The van der Waals surface area contributed by atoms with Gasteiger partial charge in [0.25, 0.3) is 0 Å².